The van der Waals surface area contributed by atoms with Gasteiger partial charge in [-0.15, -0.1) is 0 Å². The van der Waals surface area contributed by atoms with E-state index in [4.69, 9.17) is 0 Å². The molecule has 0 saturated carbocycles. The molecule has 1 aromatic rings. The first-order valence-corrected chi connectivity index (χ1v) is 6.76. The van der Waals surface area contributed by atoms with Crippen LogP contribution in [-0.4, -0.2) is 27.4 Å². The van der Waals surface area contributed by atoms with Crippen molar-refractivity contribution in [3.63, 3.8) is 0 Å². The molecule has 0 amide bonds. The van der Waals surface area contributed by atoms with E-state index in [9.17, 15) is 0 Å². The van der Waals surface area contributed by atoms with E-state index in [0.29, 0.717) is 12.1 Å². The van der Waals surface area contributed by atoms with Crippen LogP contribution in [0.25, 0.3) is 0 Å². The van der Waals surface area contributed by atoms with Crippen LogP contribution in [0, 0.1) is 0 Å². The predicted molar refractivity (Wildman–Crippen MR) is 71.1 cm³/mol. The molecule has 0 radical (unpaired) electrons. The summed E-state index contributed by atoms with van der Waals surface area (Å²) in [4.78, 5) is 4.33. The van der Waals surface area contributed by atoms with Crippen molar-refractivity contribution in [3.8, 4) is 0 Å². The average Bonchev–Trinajstić information content (AvgIpc) is 2.74. The zero-order valence-electron chi connectivity index (χ0n) is 11.6. The third-order valence-electron chi connectivity index (χ3n) is 2.92. The predicted octanol–water partition coefficient (Wildman–Crippen LogP) is 2.57. The number of nitrogens with one attached hydrogen (secondary N) is 1. The lowest BCUT2D eigenvalue weighted by atomic mass is 10.1. The molecule has 0 saturated heterocycles. The summed E-state index contributed by atoms with van der Waals surface area (Å²) in [5.41, 5.74) is 0. The fraction of sp³-hybridized carbons (Fsp3) is 0.846. The van der Waals surface area contributed by atoms with Crippen molar-refractivity contribution < 1.29 is 0 Å². The summed E-state index contributed by atoms with van der Waals surface area (Å²) in [6.45, 7) is 9.85. The first-order valence-electron chi connectivity index (χ1n) is 6.76. The zero-order chi connectivity index (χ0) is 12.7. The SMILES string of the molecule is CCCNC(C)CCCc1ncnn1C(C)C. The Balaban J connectivity index is 2.28. The Labute approximate surface area is 105 Å². The summed E-state index contributed by atoms with van der Waals surface area (Å²) in [5.74, 6) is 1.11. The lowest BCUT2D eigenvalue weighted by Crippen LogP contribution is -2.26. The molecule has 0 aromatic carbocycles. The molecule has 4 heteroatoms. The number of hydrogen-bond acceptors (Lipinski definition) is 3. The second kappa shape index (κ2) is 7.43. The average molecular weight is 238 g/mol. The van der Waals surface area contributed by atoms with Crippen molar-refractivity contribution in [1.29, 1.82) is 0 Å². The van der Waals surface area contributed by atoms with Crippen molar-refractivity contribution in [2.45, 2.75) is 65.5 Å². The highest BCUT2D eigenvalue weighted by Crippen LogP contribution is 2.09. The van der Waals surface area contributed by atoms with Crippen LogP contribution in [0.5, 0.6) is 0 Å². The van der Waals surface area contributed by atoms with Gasteiger partial charge in [0.2, 0.25) is 0 Å². The van der Waals surface area contributed by atoms with Crippen LogP contribution in [0.2, 0.25) is 0 Å². The van der Waals surface area contributed by atoms with E-state index in [1.54, 1.807) is 6.33 Å². The van der Waals surface area contributed by atoms with Crippen molar-refractivity contribution in [2.75, 3.05) is 6.54 Å². The van der Waals surface area contributed by atoms with Crippen LogP contribution < -0.4 is 5.32 Å². The van der Waals surface area contributed by atoms with Crippen LogP contribution in [0.15, 0.2) is 6.33 Å². The Hall–Kier alpha value is -0.900. The lowest BCUT2D eigenvalue weighted by molar-refractivity contribution is 0.472. The Bertz CT molecular complexity index is 306. The lowest BCUT2D eigenvalue weighted by Gasteiger charge is -2.13. The molecule has 4 nitrogen and oxygen atoms in total. The van der Waals surface area contributed by atoms with E-state index in [2.05, 4.69) is 43.1 Å². The molecule has 1 heterocycles. The van der Waals surface area contributed by atoms with Gasteiger partial charge in [-0.3, -0.25) is 0 Å². The second-order valence-electron chi connectivity index (χ2n) is 4.96. The van der Waals surface area contributed by atoms with Crippen molar-refractivity contribution in [1.82, 2.24) is 20.1 Å². The van der Waals surface area contributed by atoms with Gasteiger partial charge in [0.25, 0.3) is 0 Å². The van der Waals surface area contributed by atoms with Crippen LogP contribution in [-0.2, 0) is 6.42 Å². The standard InChI is InChI=1S/C13H26N4/c1-5-9-14-12(4)7-6-8-13-15-10-16-17(13)11(2)3/h10-12,14H,5-9H2,1-4H3. The maximum Gasteiger partial charge on any atom is 0.138 e. The molecule has 0 aliphatic carbocycles. The summed E-state index contributed by atoms with van der Waals surface area (Å²) < 4.78 is 2.02. The Morgan fingerprint density at radius 2 is 2.12 bits per heavy atom. The van der Waals surface area contributed by atoms with Crippen LogP contribution >= 0.6 is 0 Å². The summed E-state index contributed by atoms with van der Waals surface area (Å²) in [7, 11) is 0. The molecule has 1 unspecified atom stereocenters. The highest BCUT2D eigenvalue weighted by atomic mass is 15.3. The fourth-order valence-electron chi connectivity index (χ4n) is 1.94. The van der Waals surface area contributed by atoms with Gasteiger partial charge in [0.05, 0.1) is 0 Å². The van der Waals surface area contributed by atoms with E-state index < -0.39 is 0 Å². The van der Waals surface area contributed by atoms with E-state index in [1.807, 2.05) is 4.68 Å². The van der Waals surface area contributed by atoms with Crippen molar-refractivity contribution in [3.05, 3.63) is 12.2 Å². The van der Waals surface area contributed by atoms with Gasteiger partial charge in [0.1, 0.15) is 12.2 Å². The largest absolute Gasteiger partial charge is 0.314 e. The zero-order valence-corrected chi connectivity index (χ0v) is 11.6. The van der Waals surface area contributed by atoms with Gasteiger partial charge in [-0.05, 0) is 46.6 Å². The molecule has 17 heavy (non-hydrogen) atoms. The number of aromatic nitrogens is 3. The van der Waals surface area contributed by atoms with Gasteiger partial charge in [-0.1, -0.05) is 6.92 Å². The molecule has 1 atom stereocenters. The van der Waals surface area contributed by atoms with E-state index >= 15 is 0 Å². The van der Waals surface area contributed by atoms with E-state index in [0.717, 1.165) is 18.8 Å². The Kier molecular flexibility index (Phi) is 6.19. The van der Waals surface area contributed by atoms with Gasteiger partial charge in [0, 0.05) is 18.5 Å². The van der Waals surface area contributed by atoms with E-state index in [-0.39, 0.29) is 0 Å². The molecular formula is C13H26N4. The Morgan fingerprint density at radius 3 is 2.76 bits per heavy atom. The minimum atomic E-state index is 0.406. The first-order chi connectivity index (χ1) is 8.15. The number of aryl methyl sites for hydroxylation is 1. The molecule has 1 rings (SSSR count). The normalized spacial score (nSPS) is 13.2. The smallest absolute Gasteiger partial charge is 0.138 e. The van der Waals surface area contributed by atoms with Crippen LogP contribution in [0.3, 0.4) is 0 Å². The Morgan fingerprint density at radius 1 is 1.35 bits per heavy atom. The molecular weight excluding hydrogens is 212 g/mol. The monoisotopic (exact) mass is 238 g/mol. The highest BCUT2D eigenvalue weighted by molar-refractivity contribution is 4.86. The van der Waals surface area contributed by atoms with Crippen molar-refractivity contribution in [2.24, 2.45) is 0 Å². The summed E-state index contributed by atoms with van der Waals surface area (Å²) in [6.07, 6.45) is 6.25. The molecule has 1 aromatic heterocycles. The molecule has 0 aliphatic heterocycles. The van der Waals surface area contributed by atoms with Crippen LogP contribution in [0.4, 0.5) is 0 Å². The van der Waals surface area contributed by atoms with Gasteiger partial charge in [-0.25, -0.2) is 9.67 Å². The molecule has 0 spiro atoms. The van der Waals surface area contributed by atoms with Gasteiger partial charge in [0.15, 0.2) is 0 Å². The number of nitrogens with zero attached hydrogens (tertiary/aromatic N) is 3. The fourth-order valence-corrected chi connectivity index (χ4v) is 1.94. The first kappa shape index (κ1) is 14.2. The molecule has 1 N–H and O–H groups in total. The van der Waals surface area contributed by atoms with Gasteiger partial charge < -0.3 is 5.32 Å². The third kappa shape index (κ3) is 4.86. The maximum atomic E-state index is 4.33. The molecule has 0 fully saturated rings. The quantitative estimate of drug-likeness (QED) is 0.757. The molecule has 0 bridgehead atoms. The maximum absolute atomic E-state index is 4.33. The van der Waals surface area contributed by atoms with Crippen LogP contribution in [0.1, 0.15) is 58.8 Å². The van der Waals surface area contributed by atoms with Gasteiger partial charge >= 0.3 is 0 Å². The summed E-state index contributed by atoms with van der Waals surface area (Å²) >= 11 is 0. The third-order valence-corrected chi connectivity index (χ3v) is 2.92. The minimum Gasteiger partial charge on any atom is -0.314 e. The topological polar surface area (TPSA) is 42.7 Å². The molecule has 0 aliphatic rings. The number of rotatable bonds is 8. The van der Waals surface area contributed by atoms with Crippen molar-refractivity contribution >= 4 is 0 Å². The van der Waals surface area contributed by atoms with Gasteiger partial charge in [-0.2, -0.15) is 5.10 Å². The molecule has 98 valence electrons. The second-order valence-corrected chi connectivity index (χ2v) is 4.96. The van der Waals surface area contributed by atoms with E-state index in [1.165, 1.54) is 19.3 Å². The minimum absolute atomic E-state index is 0.406. The number of hydrogen-bond donors (Lipinski definition) is 1. The highest BCUT2D eigenvalue weighted by Gasteiger charge is 2.08. The summed E-state index contributed by atoms with van der Waals surface area (Å²) in [6, 6.07) is 1.01. The summed E-state index contributed by atoms with van der Waals surface area (Å²) in [5, 5.41) is 7.76.